The van der Waals surface area contributed by atoms with Crippen LogP contribution in [-0.4, -0.2) is 54.7 Å². The van der Waals surface area contributed by atoms with E-state index >= 15 is 0 Å². The predicted octanol–water partition coefficient (Wildman–Crippen LogP) is 1.68. The summed E-state index contributed by atoms with van der Waals surface area (Å²) in [6.45, 7) is 2.52. The first-order valence-electron chi connectivity index (χ1n) is 7.85. The average Bonchev–Trinajstić information content (AvgIpc) is 2.64. The molecule has 1 amide bonds. The van der Waals surface area contributed by atoms with Crippen LogP contribution < -0.4 is 0 Å². The lowest BCUT2D eigenvalue weighted by Crippen LogP contribution is -2.50. The fraction of sp³-hybridized carbons (Fsp3) is 0.294. The summed E-state index contributed by atoms with van der Waals surface area (Å²) in [5.74, 6) is -0.603. The number of benzene rings is 1. The van der Waals surface area contributed by atoms with E-state index in [-0.39, 0.29) is 29.5 Å². The van der Waals surface area contributed by atoms with Crippen LogP contribution in [0.2, 0.25) is 0 Å². The van der Waals surface area contributed by atoms with E-state index in [0.717, 1.165) is 6.07 Å². The molecule has 1 aromatic heterocycles. The predicted molar refractivity (Wildman–Crippen MR) is 90.0 cm³/mol. The van der Waals surface area contributed by atoms with Crippen molar-refractivity contribution in [1.82, 2.24) is 14.2 Å². The highest BCUT2D eigenvalue weighted by Crippen LogP contribution is 2.20. The van der Waals surface area contributed by atoms with Crippen LogP contribution in [0.1, 0.15) is 15.9 Å². The Morgan fingerprint density at radius 2 is 1.88 bits per heavy atom. The van der Waals surface area contributed by atoms with Gasteiger partial charge in [0.05, 0.1) is 10.5 Å². The Morgan fingerprint density at radius 3 is 2.48 bits per heavy atom. The van der Waals surface area contributed by atoms with Crippen LogP contribution in [0.4, 0.5) is 4.39 Å². The van der Waals surface area contributed by atoms with Crippen molar-refractivity contribution in [1.29, 1.82) is 0 Å². The largest absolute Gasteiger partial charge is 0.336 e. The van der Waals surface area contributed by atoms with E-state index in [4.69, 9.17) is 0 Å². The number of hydrogen-bond donors (Lipinski definition) is 0. The van der Waals surface area contributed by atoms with Gasteiger partial charge in [-0.25, -0.2) is 12.8 Å². The molecule has 0 atom stereocenters. The number of aryl methyl sites for hydroxylation is 1. The van der Waals surface area contributed by atoms with Crippen LogP contribution in [-0.2, 0) is 10.0 Å². The molecule has 132 valence electrons. The van der Waals surface area contributed by atoms with Gasteiger partial charge in [0, 0.05) is 38.6 Å². The minimum atomic E-state index is -3.70. The number of carbonyl (C=O) groups is 1. The zero-order valence-electron chi connectivity index (χ0n) is 13.7. The molecule has 0 saturated carbocycles. The van der Waals surface area contributed by atoms with Gasteiger partial charge < -0.3 is 4.90 Å². The number of sulfonamides is 1. The molecule has 25 heavy (non-hydrogen) atoms. The first-order chi connectivity index (χ1) is 11.9. The van der Waals surface area contributed by atoms with E-state index in [9.17, 15) is 17.6 Å². The van der Waals surface area contributed by atoms with E-state index in [1.54, 1.807) is 23.2 Å². The minimum absolute atomic E-state index is 0.0680. The summed E-state index contributed by atoms with van der Waals surface area (Å²) >= 11 is 0. The molecule has 1 saturated heterocycles. The van der Waals surface area contributed by atoms with Gasteiger partial charge in [-0.05, 0) is 42.8 Å². The van der Waals surface area contributed by atoms with Gasteiger partial charge in [0.25, 0.3) is 5.91 Å². The number of hydrogen-bond acceptors (Lipinski definition) is 4. The summed E-state index contributed by atoms with van der Waals surface area (Å²) < 4.78 is 40.1. The smallest absolute Gasteiger partial charge is 0.255 e. The maximum absolute atomic E-state index is 13.4. The zero-order chi connectivity index (χ0) is 18.0. The van der Waals surface area contributed by atoms with E-state index in [2.05, 4.69) is 4.98 Å². The van der Waals surface area contributed by atoms with Crippen LogP contribution in [0.3, 0.4) is 0 Å². The molecular weight excluding hydrogens is 345 g/mol. The first kappa shape index (κ1) is 17.5. The molecule has 1 aliphatic rings. The second-order valence-corrected chi connectivity index (χ2v) is 7.79. The molecule has 0 unspecified atom stereocenters. The summed E-state index contributed by atoms with van der Waals surface area (Å²) in [4.78, 5) is 18.0. The molecule has 3 rings (SSSR count). The van der Waals surface area contributed by atoms with Gasteiger partial charge >= 0.3 is 0 Å². The van der Waals surface area contributed by atoms with Gasteiger partial charge in [-0.3, -0.25) is 9.78 Å². The van der Waals surface area contributed by atoms with Crippen molar-refractivity contribution in [2.75, 3.05) is 26.2 Å². The molecule has 0 radical (unpaired) electrons. The van der Waals surface area contributed by atoms with E-state index in [1.807, 2.05) is 0 Å². The summed E-state index contributed by atoms with van der Waals surface area (Å²) in [6, 6.07) is 7.12. The molecule has 6 nitrogen and oxygen atoms in total. The molecule has 0 spiro atoms. The third-order valence-electron chi connectivity index (χ3n) is 4.20. The molecule has 0 aliphatic carbocycles. The number of amides is 1. The molecule has 1 fully saturated rings. The Hall–Kier alpha value is -2.32. The standard InChI is InChI=1S/C17H18FN3O3S/c1-13-11-15(4-5-16(13)18)25(23,24)21-9-7-20(8-10-21)17(22)14-3-2-6-19-12-14/h2-6,11-12H,7-10H2,1H3. The van der Waals surface area contributed by atoms with Gasteiger partial charge in [-0.1, -0.05) is 0 Å². The van der Waals surface area contributed by atoms with Gasteiger partial charge in [0.15, 0.2) is 0 Å². The fourth-order valence-electron chi connectivity index (χ4n) is 2.73. The normalized spacial score (nSPS) is 16.0. The Bertz CT molecular complexity index is 879. The highest BCUT2D eigenvalue weighted by molar-refractivity contribution is 7.89. The number of piperazine rings is 1. The van der Waals surface area contributed by atoms with Crippen molar-refractivity contribution in [2.45, 2.75) is 11.8 Å². The lowest BCUT2D eigenvalue weighted by Gasteiger charge is -2.34. The Labute approximate surface area is 145 Å². The Balaban J connectivity index is 1.71. The lowest BCUT2D eigenvalue weighted by molar-refractivity contribution is 0.0697. The second-order valence-electron chi connectivity index (χ2n) is 5.85. The molecular formula is C17H18FN3O3S. The highest BCUT2D eigenvalue weighted by atomic mass is 32.2. The Kier molecular flexibility index (Phi) is 4.82. The number of aromatic nitrogens is 1. The van der Waals surface area contributed by atoms with Crippen molar-refractivity contribution >= 4 is 15.9 Å². The molecule has 0 bridgehead atoms. The topological polar surface area (TPSA) is 70.6 Å². The first-order valence-corrected chi connectivity index (χ1v) is 9.29. The maximum atomic E-state index is 13.4. The number of nitrogens with zero attached hydrogens (tertiary/aromatic N) is 3. The van der Waals surface area contributed by atoms with Crippen molar-refractivity contribution in [3.8, 4) is 0 Å². The number of carbonyl (C=O) groups excluding carboxylic acids is 1. The number of rotatable bonds is 3. The van der Waals surface area contributed by atoms with Gasteiger partial charge in [-0.2, -0.15) is 4.31 Å². The summed E-state index contributed by atoms with van der Waals surface area (Å²) in [6.07, 6.45) is 3.08. The van der Waals surface area contributed by atoms with Crippen LogP contribution >= 0.6 is 0 Å². The molecule has 8 heteroatoms. The van der Waals surface area contributed by atoms with Gasteiger partial charge in [0.2, 0.25) is 10.0 Å². The lowest BCUT2D eigenvalue weighted by atomic mass is 10.2. The third kappa shape index (κ3) is 3.54. The third-order valence-corrected chi connectivity index (χ3v) is 6.10. The molecule has 2 heterocycles. The van der Waals surface area contributed by atoms with Crippen molar-refractivity contribution in [3.05, 3.63) is 59.7 Å². The fourth-order valence-corrected chi connectivity index (χ4v) is 4.24. The van der Waals surface area contributed by atoms with Crippen LogP contribution in [0.25, 0.3) is 0 Å². The summed E-state index contributed by atoms with van der Waals surface area (Å²) in [5.41, 5.74) is 0.763. The van der Waals surface area contributed by atoms with Crippen LogP contribution in [0.15, 0.2) is 47.6 Å². The zero-order valence-corrected chi connectivity index (χ0v) is 14.5. The van der Waals surface area contributed by atoms with E-state index in [1.165, 1.54) is 29.6 Å². The molecule has 0 N–H and O–H groups in total. The average molecular weight is 363 g/mol. The summed E-state index contributed by atoms with van der Waals surface area (Å²) in [5, 5.41) is 0. The maximum Gasteiger partial charge on any atom is 0.255 e. The van der Waals surface area contributed by atoms with E-state index < -0.39 is 15.8 Å². The monoisotopic (exact) mass is 363 g/mol. The van der Waals surface area contributed by atoms with Crippen LogP contribution in [0, 0.1) is 12.7 Å². The quantitative estimate of drug-likeness (QED) is 0.832. The van der Waals surface area contributed by atoms with Crippen molar-refractivity contribution in [3.63, 3.8) is 0 Å². The molecule has 1 aromatic carbocycles. The van der Waals surface area contributed by atoms with E-state index in [0.29, 0.717) is 18.7 Å². The number of pyridine rings is 1. The number of halogens is 1. The van der Waals surface area contributed by atoms with Crippen molar-refractivity contribution in [2.24, 2.45) is 0 Å². The summed E-state index contributed by atoms with van der Waals surface area (Å²) in [7, 11) is -3.70. The molecule has 2 aromatic rings. The van der Waals surface area contributed by atoms with Gasteiger partial charge in [0.1, 0.15) is 5.82 Å². The van der Waals surface area contributed by atoms with Crippen LogP contribution in [0.5, 0.6) is 0 Å². The SMILES string of the molecule is Cc1cc(S(=O)(=O)N2CCN(C(=O)c3cccnc3)CC2)ccc1F. The second kappa shape index (κ2) is 6.89. The minimum Gasteiger partial charge on any atom is -0.336 e. The Morgan fingerprint density at radius 1 is 1.16 bits per heavy atom. The van der Waals surface area contributed by atoms with Crippen molar-refractivity contribution < 1.29 is 17.6 Å². The molecule has 1 aliphatic heterocycles. The highest BCUT2D eigenvalue weighted by Gasteiger charge is 2.30. The van der Waals surface area contributed by atoms with Gasteiger partial charge in [-0.15, -0.1) is 0 Å².